The van der Waals surface area contributed by atoms with E-state index < -0.39 is 6.10 Å². The van der Waals surface area contributed by atoms with Crippen molar-refractivity contribution in [1.29, 1.82) is 0 Å². The van der Waals surface area contributed by atoms with Crippen molar-refractivity contribution in [2.45, 2.75) is 46.6 Å². The summed E-state index contributed by atoms with van der Waals surface area (Å²) in [6.45, 7) is 8.37. The number of carbonyl (C=O) groups is 1. The molecule has 0 aromatic heterocycles. The van der Waals surface area contributed by atoms with E-state index >= 15 is 0 Å². The van der Waals surface area contributed by atoms with Crippen LogP contribution in [0.3, 0.4) is 0 Å². The lowest BCUT2D eigenvalue weighted by molar-refractivity contribution is 0.0152. The Labute approximate surface area is 133 Å². The van der Waals surface area contributed by atoms with Gasteiger partial charge in [0.25, 0.3) is 0 Å². The molecule has 0 spiro atoms. The lowest BCUT2D eigenvalue weighted by Crippen LogP contribution is -2.39. The van der Waals surface area contributed by atoms with Crippen LogP contribution < -0.4 is 0 Å². The highest BCUT2D eigenvalue weighted by Crippen LogP contribution is 2.43. The first-order valence-electron chi connectivity index (χ1n) is 7.80. The van der Waals surface area contributed by atoms with E-state index in [1.54, 1.807) is 19.1 Å². The van der Waals surface area contributed by atoms with Gasteiger partial charge in [-0.05, 0) is 44.2 Å². The molecule has 0 radical (unpaired) electrons. The van der Waals surface area contributed by atoms with Gasteiger partial charge in [-0.1, -0.05) is 49.6 Å². The Morgan fingerprint density at radius 3 is 2.59 bits per heavy atom. The quantitative estimate of drug-likeness (QED) is 0.462. The second kappa shape index (κ2) is 6.83. The Morgan fingerprint density at radius 2 is 2.00 bits per heavy atom. The summed E-state index contributed by atoms with van der Waals surface area (Å²) < 4.78 is 5.77. The van der Waals surface area contributed by atoms with Crippen LogP contribution in [-0.2, 0) is 4.74 Å². The molecule has 0 heterocycles. The molecule has 0 amide bonds. The van der Waals surface area contributed by atoms with Crippen molar-refractivity contribution >= 4 is 5.97 Å². The van der Waals surface area contributed by atoms with Gasteiger partial charge in [-0.3, -0.25) is 0 Å². The second-order valence-electron chi connectivity index (χ2n) is 6.54. The van der Waals surface area contributed by atoms with Crippen LogP contribution >= 0.6 is 0 Å². The van der Waals surface area contributed by atoms with Gasteiger partial charge < -0.3 is 4.74 Å². The van der Waals surface area contributed by atoms with E-state index in [9.17, 15) is 4.79 Å². The normalized spacial score (nSPS) is 21.1. The Bertz CT molecular complexity index is 614. The van der Waals surface area contributed by atoms with Crippen LogP contribution in [0.2, 0.25) is 0 Å². The van der Waals surface area contributed by atoms with E-state index in [2.05, 4.69) is 38.7 Å². The van der Waals surface area contributed by atoms with E-state index in [0.717, 1.165) is 12.8 Å². The van der Waals surface area contributed by atoms with E-state index in [4.69, 9.17) is 4.74 Å². The number of benzene rings is 1. The SMILES string of the molecule is CC#CC(OC(=O)c1ccccc1)C1C(C)=CCCC1(C)C. The predicted octanol–water partition coefficient (Wildman–Crippen LogP) is 4.62. The lowest BCUT2D eigenvalue weighted by atomic mass is 9.66. The van der Waals surface area contributed by atoms with Crippen molar-refractivity contribution in [2.75, 3.05) is 0 Å². The van der Waals surface area contributed by atoms with Gasteiger partial charge in [-0.15, -0.1) is 5.92 Å². The summed E-state index contributed by atoms with van der Waals surface area (Å²) in [5.74, 6) is 5.87. The Morgan fingerprint density at radius 1 is 1.32 bits per heavy atom. The predicted molar refractivity (Wildman–Crippen MR) is 89.4 cm³/mol. The number of esters is 1. The summed E-state index contributed by atoms with van der Waals surface area (Å²) in [5.41, 5.74) is 1.91. The fourth-order valence-electron chi connectivity index (χ4n) is 3.30. The molecule has 1 aromatic rings. The Hall–Kier alpha value is -2.01. The molecule has 116 valence electrons. The van der Waals surface area contributed by atoms with Crippen LogP contribution in [0.15, 0.2) is 42.0 Å². The van der Waals surface area contributed by atoms with Gasteiger partial charge in [0.2, 0.25) is 0 Å². The molecule has 1 aliphatic rings. The number of hydrogen-bond donors (Lipinski definition) is 0. The second-order valence-corrected chi connectivity index (χ2v) is 6.54. The van der Waals surface area contributed by atoms with Crippen molar-refractivity contribution in [3.8, 4) is 11.8 Å². The van der Waals surface area contributed by atoms with Gasteiger partial charge in [0.15, 0.2) is 6.10 Å². The fourth-order valence-corrected chi connectivity index (χ4v) is 3.30. The fraction of sp³-hybridized carbons (Fsp3) is 0.450. The van der Waals surface area contributed by atoms with Crippen molar-refractivity contribution in [3.05, 3.63) is 47.5 Å². The van der Waals surface area contributed by atoms with Crippen molar-refractivity contribution < 1.29 is 9.53 Å². The minimum atomic E-state index is -0.399. The molecule has 0 N–H and O–H groups in total. The largest absolute Gasteiger partial charge is 0.445 e. The van der Waals surface area contributed by atoms with Crippen LogP contribution in [0.5, 0.6) is 0 Å². The maximum atomic E-state index is 12.4. The first-order valence-corrected chi connectivity index (χ1v) is 7.80. The maximum Gasteiger partial charge on any atom is 0.339 e. The highest BCUT2D eigenvalue weighted by atomic mass is 16.5. The van der Waals surface area contributed by atoms with Crippen LogP contribution in [0.25, 0.3) is 0 Å². The molecule has 1 aliphatic carbocycles. The molecule has 2 heteroatoms. The summed E-state index contributed by atoms with van der Waals surface area (Å²) in [5, 5.41) is 0. The summed E-state index contributed by atoms with van der Waals surface area (Å²) >= 11 is 0. The molecular weight excluding hydrogens is 272 g/mol. The molecular formula is C20H24O2. The standard InChI is InChI=1S/C20H24O2/c1-5-10-17(18-15(2)11-9-14-20(18,3)4)22-19(21)16-12-7-6-8-13-16/h6-8,11-13,17-18H,9,14H2,1-4H3. The molecule has 0 bridgehead atoms. The first-order chi connectivity index (χ1) is 10.5. The Kier molecular flexibility index (Phi) is 5.08. The zero-order valence-corrected chi connectivity index (χ0v) is 13.8. The van der Waals surface area contributed by atoms with Gasteiger partial charge in [-0.25, -0.2) is 4.79 Å². The number of hydrogen-bond acceptors (Lipinski definition) is 2. The van der Waals surface area contributed by atoms with E-state index in [1.165, 1.54) is 5.57 Å². The molecule has 0 saturated heterocycles. The molecule has 2 nitrogen and oxygen atoms in total. The van der Waals surface area contributed by atoms with Gasteiger partial charge in [0.1, 0.15) is 0 Å². The van der Waals surface area contributed by atoms with Gasteiger partial charge in [-0.2, -0.15) is 0 Å². The highest BCUT2D eigenvalue weighted by molar-refractivity contribution is 5.89. The van der Waals surface area contributed by atoms with Crippen LogP contribution in [0, 0.1) is 23.2 Å². The number of allylic oxidation sites excluding steroid dienone is 1. The third-order valence-corrected chi connectivity index (χ3v) is 4.42. The monoisotopic (exact) mass is 296 g/mol. The van der Waals surface area contributed by atoms with Crippen LogP contribution in [-0.4, -0.2) is 12.1 Å². The van der Waals surface area contributed by atoms with Crippen molar-refractivity contribution in [3.63, 3.8) is 0 Å². The minimum Gasteiger partial charge on any atom is -0.445 e. The van der Waals surface area contributed by atoms with Gasteiger partial charge >= 0.3 is 5.97 Å². The van der Waals surface area contributed by atoms with E-state index in [1.807, 2.05) is 18.2 Å². The zero-order chi connectivity index (χ0) is 16.2. The average Bonchev–Trinajstić information content (AvgIpc) is 2.47. The van der Waals surface area contributed by atoms with Gasteiger partial charge in [0, 0.05) is 5.92 Å². The molecule has 2 rings (SSSR count). The highest BCUT2D eigenvalue weighted by Gasteiger charge is 2.39. The summed E-state index contributed by atoms with van der Waals surface area (Å²) in [6, 6.07) is 9.11. The third-order valence-electron chi connectivity index (χ3n) is 4.42. The third kappa shape index (κ3) is 3.60. The zero-order valence-electron chi connectivity index (χ0n) is 13.8. The summed E-state index contributed by atoms with van der Waals surface area (Å²) in [4.78, 5) is 12.4. The maximum absolute atomic E-state index is 12.4. The van der Waals surface area contributed by atoms with Crippen molar-refractivity contribution in [1.82, 2.24) is 0 Å². The Balaban J connectivity index is 2.26. The summed E-state index contributed by atoms with van der Waals surface area (Å²) in [7, 11) is 0. The number of carbonyl (C=O) groups excluding carboxylic acids is 1. The molecule has 0 saturated carbocycles. The smallest absolute Gasteiger partial charge is 0.339 e. The number of ether oxygens (including phenoxy) is 1. The topological polar surface area (TPSA) is 26.3 Å². The van der Waals surface area contributed by atoms with E-state index in [0.29, 0.717) is 5.56 Å². The molecule has 0 aliphatic heterocycles. The summed E-state index contributed by atoms with van der Waals surface area (Å²) in [6.07, 6.45) is 4.01. The molecule has 2 unspecified atom stereocenters. The molecule has 1 aromatic carbocycles. The van der Waals surface area contributed by atoms with Crippen LogP contribution in [0.1, 0.15) is 50.9 Å². The molecule has 2 atom stereocenters. The van der Waals surface area contributed by atoms with Crippen LogP contribution in [0.4, 0.5) is 0 Å². The van der Waals surface area contributed by atoms with E-state index in [-0.39, 0.29) is 17.3 Å². The van der Waals surface area contributed by atoms with Crippen molar-refractivity contribution in [2.24, 2.45) is 11.3 Å². The number of rotatable bonds is 3. The average molecular weight is 296 g/mol. The lowest BCUT2D eigenvalue weighted by Gasteiger charge is -2.40. The molecule has 22 heavy (non-hydrogen) atoms. The van der Waals surface area contributed by atoms with Gasteiger partial charge in [0.05, 0.1) is 5.56 Å². The molecule has 0 fully saturated rings. The minimum absolute atomic E-state index is 0.0737. The first kappa shape index (κ1) is 16.4.